The molecule has 6 heteroatoms. The summed E-state index contributed by atoms with van der Waals surface area (Å²) in [5.74, 6) is 0.488. The molecule has 3 aliphatic carbocycles. The van der Waals surface area contributed by atoms with Crippen LogP contribution >= 0.6 is 0 Å². The summed E-state index contributed by atoms with van der Waals surface area (Å²) < 4.78 is 0. The van der Waals surface area contributed by atoms with Crippen LogP contribution in [0.4, 0.5) is 0 Å². The van der Waals surface area contributed by atoms with E-state index in [0.29, 0.717) is 11.9 Å². The zero-order valence-corrected chi connectivity index (χ0v) is 17.0. The number of hydrogen-bond donors (Lipinski definition) is 2. The van der Waals surface area contributed by atoms with E-state index in [1.165, 1.54) is 11.8 Å². The lowest BCUT2D eigenvalue weighted by Gasteiger charge is -2.38. The van der Waals surface area contributed by atoms with Crippen molar-refractivity contribution in [2.45, 2.75) is 69.9 Å². The smallest absolute Gasteiger partial charge is 0.226 e. The third kappa shape index (κ3) is 4.14. The lowest BCUT2D eigenvalue weighted by molar-refractivity contribution is -0.139. The maximum Gasteiger partial charge on any atom is 0.226 e. The van der Waals surface area contributed by atoms with Gasteiger partial charge in [0.15, 0.2) is 0 Å². The summed E-state index contributed by atoms with van der Waals surface area (Å²) in [6.45, 7) is 0.797. The number of amides is 1. The van der Waals surface area contributed by atoms with Crippen LogP contribution in [0.2, 0.25) is 0 Å². The number of rotatable bonds is 5. The van der Waals surface area contributed by atoms with E-state index in [9.17, 15) is 10.1 Å². The van der Waals surface area contributed by atoms with Gasteiger partial charge in [0.05, 0.1) is 12.0 Å². The normalized spacial score (nSPS) is 32.3. The second kappa shape index (κ2) is 8.52. The molecule has 4 unspecified atom stereocenters. The number of aliphatic imine (C=N–C) groups is 1. The van der Waals surface area contributed by atoms with Crippen LogP contribution in [0.5, 0.6) is 0 Å². The molecule has 0 saturated heterocycles. The van der Waals surface area contributed by atoms with E-state index in [4.69, 9.17) is 11.1 Å². The van der Waals surface area contributed by atoms with Crippen LogP contribution < -0.4 is 5.73 Å². The topological polar surface area (TPSA) is 106 Å². The molecule has 154 valence electrons. The monoisotopic (exact) mass is 393 g/mol. The lowest BCUT2D eigenvalue weighted by Crippen LogP contribution is -2.47. The molecular weight excluding hydrogens is 362 g/mol. The number of nitrogens with zero attached hydrogens (tertiary/aromatic N) is 3. The summed E-state index contributed by atoms with van der Waals surface area (Å²) >= 11 is 0. The predicted octanol–water partition coefficient (Wildman–Crippen LogP) is 3.35. The largest absolute Gasteiger partial charge is 0.402 e. The van der Waals surface area contributed by atoms with E-state index < -0.39 is 0 Å². The lowest BCUT2D eigenvalue weighted by atomic mass is 9.76. The van der Waals surface area contributed by atoms with Crippen LogP contribution in [0.25, 0.3) is 0 Å². The number of carbonyl (C=O) groups is 1. The first-order valence-corrected chi connectivity index (χ1v) is 11.0. The number of nitriles is 1. The summed E-state index contributed by atoms with van der Waals surface area (Å²) in [5, 5.41) is 17.1. The van der Waals surface area contributed by atoms with Gasteiger partial charge in [0.1, 0.15) is 0 Å². The highest BCUT2D eigenvalue weighted by Crippen LogP contribution is 2.39. The van der Waals surface area contributed by atoms with Crippen LogP contribution in [-0.4, -0.2) is 41.9 Å². The molecule has 1 amide bonds. The third-order valence-corrected chi connectivity index (χ3v) is 7.07. The van der Waals surface area contributed by atoms with Crippen molar-refractivity contribution in [1.29, 1.82) is 10.7 Å². The molecule has 1 heterocycles. The molecule has 0 aromatic heterocycles. The zero-order valence-electron chi connectivity index (χ0n) is 17.0. The summed E-state index contributed by atoms with van der Waals surface area (Å²) in [6, 6.07) is 2.94. The quantitative estimate of drug-likeness (QED) is 0.552. The molecule has 0 spiro atoms. The van der Waals surface area contributed by atoms with Crippen molar-refractivity contribution >= 4 is 18.3 Å². The Kier molecular flexibility index (Phi) is 5.84. The van der Waals surface area contributed by atoms with Gasteiger partial charge in [0, 0.05) is 48.6 Å². The Labute approximate surface area is 173 Å². The maximum absolute atomic E-state index is 13.5. The molecular formula is C23H31N5O. The number of nitrogens with one attached hydrogen (secondary N) is 1. The van der Waals surface area contributed by atoms with Crippen molar-refractivity contribution in [3.63, 3.8) is 0 Å². The van der Waals surface area contributed by atoms with Gasteiger partial charge in [-0.3, -0.25) is 9.79 Å². The van der Waals surface area contributed by atoms with Crippen LogP contribution in [0, 0.1) is 34.5 Å². The average Bonchev–Trinajstić information content (AvgIpc) is 3.60. The highest BCUT2D eigenvalue weighted by atomic mass is 16.2. The number of nitrogens with two attached hydrogens (primary N) is 1. The van der Waals surface area contributed by atoms with Gasteiger partial charge in [-0.25, -0.2) is 0 Å². The van der Waals surface area contributed by atoms with E-state index in [0.717, 1.165) is 75.6 Å². The Morgan fingerprint density at radius 2 is 2.07 bits per heavy atom. The Hall–Kier alpha value is -2.42. The Morgan fingerprint density at radius 1 is 1.24 bits per heavy atom. The average molecular weight is 394 g/mol. The van der Waals surface area contributed by atoms with Crippen molar-refractivity contribution in [2.75, 3.05) is 6.54 Å². The SMILES string of the molecule is N#CC1C=NCCC1C1=CCC(C(=O)N(C2CC2)C2CCC(N)=C(C=N)C2)CC1. The minimum Gasteiger partial charge on any atom is -0.402 e. The molecule has 0 bridgehead atoms. The molecule has 29 heavy (non-hydrogen) atoms. The standard InChI is InChI=1S/C23H31N5O/c24-12-17-11-20(7-8-22(17)26)28(19-5-6-19)23(29)16-3-1-15(2-4-16)21-9-10-27-14-18(21)13-25/h1,12,14,16,18-21,24H,2-11,26H2. The maximum atomic E-state index is 13.5. The van der Waals surface area contributed by atoms with Crippen LogP contribution in [0.1, 0.15) is 57.8 Å². The van der Waals surface area contributed by atoms with Gasteiger partial charge >= 0.3 is 0 Å². The highest BCUT2D eigenvalue weighted by molar-refractivity contribution is 5.81. The second-order valence-corrected chi connectivity index (χ2v) is 8.92. The van der Waals surface area contributed by atoms with Crippen molar-refractivity contribution < 1.29 is 4.79 Å². The van der Waals surface area contributed by atoms with Crippen molar-refractivity contribution in [2.24, 2.45) is 28.5 Å². The summed E-state index contributed by atoms with van der Waals surface area (Å²) in [7, 11) is 0. The van der Waals surface area contributed by atoms with Crippen LogP contribution in [0.3, 0.4) is 0 Å². The van der Waals surface area contributed by atoms with E-state index in [-0.39, 0.29) is 23.8 Å². The van der Waals surface area contributed by atoms with E-state index in [1.54, 1.807) is 0 Å². The van der Waals surface area contributed by atoms with E-state index >= 15 is 0 Å². The first-order chi connectivity index (χ1) is 14.1. The number of hydrogen-bond acceptors (Lipinski definition) is 5. The molecule has 0 aromatic rings. The number of carbonyl (C=O) groups excluding carboxylic acids is 1. The van der Waals surface area contributed by atoms with Gasteiger partial charge in [-0.1, -0.05) is 11.6 Å². The van der Waals surface area contributed by atoms with Crippen molar-refractivity contribution in [3.05, 3.63) is 22.9 Å². The molecule has 6 nitrogen and oxygen atoms in total. The van der Waals surface area contributed by atoms with Gasteiger partial charge in [-0.2, -0.15) is 5.26 Å². The fraction of sp³-hybridized carbons (Fsp3) is 0.652. The van der Waals surface area contributed by atoms with Gasteiger partial charge in [-0.15, -0.1) is 0 Å². The fourth-order valence-corrected chi connectivity index (χ4v) is 5.22. The zero-order chi connectivity index (χ0) is 20.4. The molecule has 0 aromatic carbocycles. The predicted molar refractivity (Wildman–Crippen MR) is 113 cm³/mol. The number of allylic oxidation sites excluding steroid dienone is 3. The molecule has 4 rings (SSSR count). The minimum atomic E-state index is -0.121. The van der Waals surface area contributed by atoms with Gasteiger partial charge in [0.25, 0.3) is 0 Å². The summed E-state index contributed by atoms with van der Waals surface area (Å²) in [6.07, 6.45) is 13.5. The summed E-state index contributed by atoms with van der Waals surface area (Å²) in [4.78, 5) is 19.9. The van der Waals surface area contributed by atoms with E-state index in [1.807, 2.05) is 6.21 Å². The Balaban J connectivity index is 1.44. The van der Waals surface area contributed by atoms with Gasteiger partial charge in [-0.05, 0) is 63.4 Å². The molecule has 3 N–H and O–H groups in total. The minimum absolute atomic E-state index is 0.0452. The van der Waals surface area contributed by atoms with Gasteiger partial charge < -0.3 is 16.0 Å². The van der Waals surface area contributed by atoms with Crippen molar-refractivity contribution in [3.8, 4) is 6.07 Å². The molecule has 1 fully saturated rings. The second-order valence-electron chi connectivity index (χ2n) is 8.92. The summed E-state index contributed by atoms with van der Waals surface area (Å²) in [5.41, 5.74) is 9.12. The van der Waals surface area contributed by atoms with Crippen LogP contribution in [-0.2, 0) is 4.79 Å². The molecule has 1 aliphatic heterocycles. The first-order valence-electron chi connectivity index (χ1n) is 11.0. The highest BCUT2D eigenvalue weighted by Gasteiger charge is 2.41. The fourth-order valence-electron chi connectivity index (χ4n) is 5.22. The molecule has 4 aliphatic rings. The Bertz CT molecular complexity index is 801. The van der Waals surface area contributed by atoms with Crippen LogP contribution in [0.15, 0.2) is 27.9 Å². The molecule has 4 atom stereocenters. The van der Waals surface area contributed by atoms with Crippen molar-refractivity contribution in [1.82, 2.24) is 4.90 Å². The third-order valence-electron chi connectivity index (χ3n) is 7.07. The first kappa shape index (κ1) is 19.9. The Morgan fingerprint density at radius 3 is 2.72 bits per heavy atom. The molecule has 1 saturated carbocycles. The van der Waals surface area contributed by atoms with E-state index in [2.05, 4.69) is 22.0 Å². The molecule has 0 radical (unpaired) electrons. The van der Waals surface area contributed by atoms with Gasteiger partial charge in [0.2, 0.25) is 5.91 Å².